The van der Waals surface area contributed by atoms with Gasteiger partial charge in [0.25, 0.3) is 0 Å². The van der Waals surface area contributed by atoms with Crippen molar-refractivity contribution in [2.75, 3.05) is 14.1 Å². The first-order chi connectivity index (χ1) is 10.7. The zero-order chi connectivity index (χ0) is 15.1. The van der Waals surface area contributed by atoms with Gasteiger partial charge in [-0.3, -0.25) is 0 Å². The van der Waals surface area contributed by atoms with Crippen LogP contribution in [-0.2, 0) is 6.42 Å². The Kier molecular flexibility index (Phi) is 3.54. The summed E-state index contributed by atoms with van der Waals surface area (Å²) >= 11 is 0. The van der Waals surface area contributed by atoms with Crippen LogP contribution in [0.1, 0.15) is 53.4 Å². The molecule has 0 heterocycles. The van der Waals surface area contributed by atoms with E-state index < -0.39 is 0 Å². The third-order valence-electron chi connectivity index (χ3n) is 5.84. The van der Waals surface area contributed by atoms with Gasteiger partial charge in [-0.25, -0.2) is 0 Å². The number of nitrogens with zero attached hydrogens (tertiary/aromatic N) is 1. The maximum Gasteiger partial charge on any atom is 0.00954 e. The summed E-state index contributed by atoms with van der Waals surface area (Å²) in [6, 6.07) is 19.0. The maximum absolute atomic E-state index is 2.43. The number of hydrogen-bond donors (Lipinski definition) is 0. The highest BCUT2D eigenvalue weighted by molar-refractivity contribution is 5.45. The lowest BCUT2D eigenvalue weighted by atomic mass is 9.70. The monoisotopic (exact) mass is 291 g/mol. The molecule has 2 aromatic rings. The molecule has 3 atom stereocenters. The molecule has 2 aliphatic rings. The molecule has 0 aliphatic heterocycles. The van der Waals surface area contributed by atoms with Gasteiger partial charge in [0.15, 0.2) is 0 Å². The van der Waals surface area contributed by atoms with Gasteiger partial charge in [-0.1, -0.05) is 48.5 Å². The first-order valence-corrected chi connectivity index (χ1v) is 8.56. The summed E-state index contributed by atoms with van der Waals surface area (Å²) in [7, 11) is 4.48. The van der Waals surface area contributed by atoms with E-state index in [1.165, 1.54) is 19.3 Å². The summed E-state index contributed by atoms with van der Waals surface area (Å²) in [5.41, 5.74) is 6.31. The highest BCUT2D eigenvalue weighted by Crippen LogP contribution is 2.49. The van der Waals surface area contributed by atoms with Gasteiger partial charge in [-0.2, -0.15) is 0 Å². The second kappa shape index (κ2) is 5.55. The van der Waals surface area contributed by atoms with Crippen LogP contribution in [0.2, 0.25) is 0 Å². The van der Waals surface area contributed by atoms with Crippen molar-refractivity contribution in [2.24, 2.45) is 0 Å². The Morgan fingerprint density at radius 2 is 1.36 bits per heavy atom. The van der Waals surface area contributed by atoms with E-state index >= 15 is 0 Å². The van der Waals surface area contributed by atoms with Crippen LogP contribution >= 0.6 is 0 Å². The predicted octanol–water partition coefficient (Wildman–Crippen LogP) is 4.57. The van der Waals surface area contributed by atoms with E-state index in [0.717, 1.165) is 12.5 Å². The molecular formula is C21H25N. The first kappa shape index (κ1) is 14.0. The zero-order valence-corrected chi connectivity index (χ0v) is 13.6. The minimum atomic E-state index is 0.681. The van der Waals surface area contributed by atoms with Crippen molar-refractivity contribution >= 4 is 0 Å². The van der Waals surface area contributed by atoms with Gasteiger partial charge in [-0.05, 0) is 73.9 Å². The molecule has 2 aliphatic carbocycles. The summed E-state index contributed by atoms with van der Waals surface area (Å²) in [6.07, 6.45) is 5.04. The third kappa shape index (κ3) is 2.28. The molecular weight excluding hydrogens is 266 g/mol. The minimum Gasteiger partial charge on any atom is -0.306 e. The van der Waals surface area contributed by atoms with Gasteiger partial charge < -0.3 is 4.90 Å². The lowest BCUT2D eigenvalue weighted by molar-refractivity contribution is 0.198. The fourth-order valence-corrected chi connectivity index (χ4v) is 4.65. The Morgan fingerprint density at radius 1 is 0.773 bits per heavy atom. The smallest absolute Gasteiger partial charge is 0.00954 e. The molecule has 2 aromatic carbocycles. The maximum atomic E-state index is 2.43. The molecule has 3 unspecified atom stereocenters. The molecule has 0 N–H and O–H groups in total. The van der Waals surface area contributed by atoms with Crippen molar-refractivity contribution in [3.8, 4) is 0 Å². The van der Waals surface area contributed by atoms with Crippen molar-refractivity contribution in [1.29, 1.82) is 0 Å². The summed E-state index contributed by atoms with van der Waals surface area (Å²) < 4.78 is 0. The SMILES string of the molecule is CN(C)C1CCC2c3ccccc3Cc3ccccc3C2C1. The van der Waals surface area contributed by atoms with Crippen molar-refractivity contribution in [1.82, 2.24) is 4.90 Å². The number of fused-ring (bicyclic) bond motifs is 5. The molecule has 1 saturated carbocycles. The van der Waals surface area contributed by atoms with E-state index in [2.05, 4.69) is 67.5 Å². The van der Waals surface area contributed by atoms with Crippen LogP contribution in [0.25, 0.3) is 0 Å². The molecule has 0 spiro atoms. The molecule has 22 heavy (non-hydrogen) atoms. The normalized spacial score (nSPS) is 26.8. The number of hydrogen-bond acceptors (Lipinski definition) is 1. The van der Waals surface area contributed by atoms with Crippen LogP contribution < -0.4 is 0 Å². The second-order valence-electron chi connectivity index (χ2n) is 7.22. The van der Waals surface area contributed by atoms with Gasteiger partial charge in [0.2, 0.25) is 0 Å². The average molecular weight is 291 g/mol. The van der Waals surface area contributed by atoms with E-state index in [-0.39, 0.29) is 0 Å². The van der Waals surface area contributed by atoms with E-state index in [1.54, 1.807) is 22.3 Å². The lowest BCUT2D eigenvalue weighted by Gasteiger charge is -2.39. The van der Waals surface area contributed by atoms with Gasteiger partial charge in [-0.15, -0.1) is 0 Å². The molecule has 1 heteroatoms. The standard InChI is InChI=1S/C21H25N/c1-22(2)17-11-12-20-18-9-5-3-7-15(18)13-16-8-4-6-10-19(16)21(20)14-17/h3-10,17,20-21H,11-14H2,1-2H3. The Labute approximate surface area is 134 Å². The summed E-state index contributed by atoms with van der Waals surface area (Å²) in [5.74, 6) is 1.39. The predicted molar refractivity (Wildman–Crippen MR) is 92.5 cm³/mol. The number of benzene rings is 2. The largest absolute Gasteiger partial charge is 0.306 e. The Balaban J connectivity index is 1.83. The van der Waals surface area contributed by atoms with Crippen LogP contribution in [-0.4, -0.2) is 25.0 Å². The van der Waals surface area contributed by atoms with Gasteiger partial charge in [0.1, 0.15) is 0 Å². The highest BCUT2D eigenvalue weighted by Gasteiger charge is 2.36. The highest BCUT2D eigenvalue weighted by atomic mass is 15.1. The van der Waals surface area contributed by atoms with Gasteiger partial charge in [0, 0.05) is 6.04 Å². The van der Waals surface area contributed by atoms with Crippen molar-refractivity contribution in [3.63, 3.8) is 0 Å². The van der Waals surface area contributed by atoms with E-state index in [4.69, 9.17) is 0 Å². The fraction of sp³-hybridized carbons (Fsp3) is 0.429. The van der Waals surface area contributed by atoms with Crippen molar-refractivity contribution in [3.05, 3.63) is 70.8 Å². The quantitative estimate of drug-likeness (QED) is 0.744. The Bertz CT molecular complexity index is 673. The van der Waals surface area contributed by atoms with E-state index in [9.17, 15) is 0 Å². The second-order valence-corrected chi connectivity index (χ2v) is 7.22. The molecule has 0 bridgehead atoms. The fourth-order valence-electron chi connectivity index (χ4n) is 4.65. The third-order valence-corrected chi connectivity index (χ3v) is 5.84. The zero-order valence-electron chi connectivity index (χ0n) is 13.6. The lowest BCUT2D eigenvalue weighted by Crippen LogP contribution is -2.35. The van der Waals surface area contributed by atoms with E-state index in [0.29, 0.717) is 11.8 Å². The molecule has 4 rings (SSSR count). The minimum absolute atomic E-state index is 0.681. The molecule has 0 saturated heterocycles. The first-order valence-electron chi connectivity index (χ1n) is 8.56. The summed E-state index contributed by atoms with van der Waals surface area (Å²) in [6.45, 7) is 0. The topological polar surface area (TPSA) is 3.24 Å². The van der Waals surface area contributed by atoms with Crippen LogP contribution in [0.4, 0.5) is 0 Å². The summed E-state index contributed by atoms with van der Waals surface area (Å²) in [5, 5.41) is 0. The number of rotatable bonds is 1. The van der Waals surface area contributed by atoms with E-state index in [1.807, 2.05) is 0 Å². The van der Waals surface area contributed by atoms with Gasteiger partial charge in [0.05, 0.1) is 0 Å². The molecule has 114 valence electrons. The molecule has 1 fully saturated rings. The Hall–Kier alpha value is -1.60. The van der Waals surface area contributed by atoms with Crippen LogP contribution in [0, 0.1) is 0 Å². The molecule has 0 radical (unpaired) electrons. The van der Waals surface area contributed by atoms with Crippen LogP contribution in [0.5, 0.6) is 0 Å². The molecule has 0 amide bonds. The molecule has 0 aromatic heterocycles. The van der Waals surface area contributed by atoms with Gasteiger partial charge >= 0.3 is 0 Å². The average Bonchev–Trinajstić information content (AvgIpc) is 2.69. The van der Waals surface area contributed by atoms with Crippen molar-refractivity contribution < 1.29 is 0 Å². The van der Waals surface area contributed by atoms with Crippen molar-refractivity contribution in [2.45, 2.75) is 43.6 Å². The molecule has 1 nitrogen and oxygen atoms in total. The summed E-state index contributed by atoms with van der Waals surface area (Å²) in [4.78, 5) is 2.43. The Morgan fingerprint density at radius 3 is 2.00 bits per heavy atom. The van der Waals surface area contributed by atoms with Crippen LogP contribution in [0.3, 0.4) is 0 Å². The van der Waals surface area contributed by atoms with Crippen LogP contribution in [0.15, 0.2) is 48.5 Å².